The number of carbonyl (C=O) groups is 1. The molecular weight excluding hydrogens is 170 g/mol. The highest BCUT2D eigenvalue weighted by atomic mass is 16.6. The molecule has 13 heavy (non-hydrogen) atoms. The van der Waals surface area contributed by atoms with Crippen LogP contribution in [0.15, 0.2) is 0 Å². The van der Waals surface area contributed by atoms with Crippen LogP contribution in [-0.4, -0.2) is 38.9 Å². The van der Waals surface area contributed by atoms with Gasteiger partial charge >= 0.3 is 5.97 Å². The van der Waals surface area contributed by atoms with Crippen molar-refractivity contribution in [3.05, 3.63) is 0 Å². The van der Waals surface area contributed by atoms with Crippen molar-refractivity contribution in [2.45, 2.75) is 26.4 Å². The van der Waals surface area contributed by atoms with E-state index < -0.39 is 0 Å². The molecule has 4 nitrogen and oxygen atoms in total. The van der Waals surface area contributed by atoms with Crippen LogP contribution in [0, 0.1) is 0 Å². The predicted octanol–water partition coefficient (Wildman–Crippen LogP) is 0.564. The molecule has 1 N–H and O–H groups in total. The van der Waals surface area contributed by atoms with Crippen LogP contribution in [-0.2, 0) is 14.3 Å². The van der Waals surface area contributed by atoms with Crippen molar-refractivity contribution in [3.8, 4) is 0 Å². The quantitative estimate of drug-likeness (QED) is 0.469. The van der Waals surface area contributed by atoms with E-state index in [-0.39, 0.29) is 12.1 Å². The molecule has 0 amide bonds. The monoisotopic (exact) mass is 189 g/mol. The maximum absolute atomic E-state index is 10.9. The minimum Gasteiger partial charge on any atom is -0.463 e. The van der Waals surface area contributed by atoms with Crippen molar-refractivity contribution < 1.29 is 14.3 Å². The van der Waals surface area contributed by atoms with E-state index in [0.717, 1.165) is 0 Å². The first kappa shape index (κ1) is 12.4. The summed E-state index contributed by atoms with van der Waals surface area (Å²) in [6.07, 6.45) is 0.606. The van der Waals surface area contributed by atoms with Crippen LogP contribution < -0.4 is 5.32 Å². The van der Waals surface area contributed by atoms with Crippen LogP contribution in [0.25, 0.3) is 0 Å². The summed E-state index contributed by atoms with van der Waals surface area (Å²) in [5, 5.41) is 2.88. The van der Waals surface area contributed by atoms with Gasteiger partial charge in [-0.2, -0.15) is 0 Å². The molecule has 0 rings (SSSR count). The minimum atomic E-state index is -0.179. The third kappa shape index (κ3) is 9.30. The standard InChI is InChI=1S/C9H19NO3/c1-8(2)12-6-7-13-9(11)4-5-10-3/h8,10H,4-7H2,1-3H3. The molecule has 0 unspecified atom stereocenters. The second kappa shape index (κ2) is 8.01. The third-order valence-electron chi connectivity index (χ3n) is 1.38. The zero-order chi connectivity index (χ0) is 10.1. The first-order chi connectivity index (χ1) is 6.16. The van der Waals surface area contributed by atoms with Crippen LogP contribution in [0.2, 0.25) is 0 Å². The summed E-state index contributed by atoms with van der Waals surface area (Å²) in [6, 6.07) is 0. The number of rotatable bonds is 7. The van der Waals surface area contributed by atoms with Crippen LogP contribution in [0.5, 0.6) is 0 Å². The predicted molar refractivity (Wildman–Crippen MR) is 50.6 cm³/mol. The molecular formula is C9H19NO3. The van der Waals surface area contributed by atoms with E-state index in [0.29, 0.717) is 26.2 Å². The van der Waals surface area contributed by atoms with Crippen LogP contribution in [0.3, 0.4) is 0 Å². The van der Waals surface area contributed by atoms with Crippen LogP contribution >= 0.6 is 0 Å². The lowest BCUT2D eigenvalue weighted by atomic mass is 10.4. The maximum atomic E-state index is 10.9. The Kier molecular flexibility index (Phi) is 7.63. The number of esters is 1. The number of hydrogen-bond donors (Lipinski definition) is 1. The number of carbonyl (C=O) groups excluding carboxylic acids is 1. The Morgan fingerprint density at radius 2 is 2.08 bits per heavy atom. The topological polar surface area (TPSA) is 47.6 Å². The molecule has 0 aromatic carbocycles. The molecule has 4 heteroatoms. The van der Waals surface area contributed by atoms with Gasteiger partial charge in [0.05, 0.1) is 19.1 Å². The fraction of sp³-hybridized carbons (Fsp3) is 0.889. The molecule has 0 saturated heterocycles. The van der Waals surface area contributed by atoms with Crippen molar-refractivity contribution >= 4 is 5.97 Å². The first-order valence-corrected chi connectivity index (χ1v) is 4.58. The molecule has 0 radical (unpaired) electrons. The highest BCUT2D eigenvalue weighted by Crippen LogP contribution is 1.89. The molecule has 0 aromatic rings. The van der Waals surface area contributed by atoms with Gasteiger partial charge < -0.3 is 14.8 Å². The van der Waals surface area contributed by atoms with Gasteiger partial charge in [0.1, 0.15) is 6.61 Å². The Hall–Kier alpha value is -0.610. The Morgan fingerprint density at radius 3 is 2.62 bits per heavy atom. The summed E-state index contributed by atoms with van der Waals surface area (Å²) < 4.78 is 10.1. The molecule has 0 fully saturated rings. The van der Waals surface area contributed by atoms with Gasteiger partial charge in [0.25, 0.3) is 0 Å². The Balaban J connectivity index is 3.17. The van der Waals surface area contributed by atoms with E-state index in [1.807, 2.05) is 13.8 Å². The fourth-order valence-corrected chi connectivity index (χ4v) is 0.739. The highest BCUT2D eigenvalue weighted by Gasteiger charge is 2.01. The minimum absolute atomic E-state index is 0.179. The molecule has 0 heterocycles. The van der Waals surface area contributed by atoms with Gasteiger partial charge in [-0.25, -0.2) is 0 Å². The second-order valence-corrected chi connectivity index (χ2v) is 2.99. The van der Waals surface area contributed by atoms with E-state index in [4.69, 9.17) is 9.47 Å². The average molecular weight is 189 g/mol. The van der Waals surface area contributed by atoms with E-state index >= 15 is 0 Å². The molecule has 0 aliphatic carbocycles. The van der Waals surface area contributed by atoms with E-state index in [9.17, 15) is 4.79 Å². The zero-order valence-corrected chi connectivity index (χ0v) is 8.63. The summed E-state index contributed by atoms with van der Waals surface area (Å²) in [5.74, 6) is -0.179. The van der Waals surface area contributed by atoms with Crippen molar-refractivity contribution in [3.63, 3.8) is 0 Å². The number of ether oxygens (including phenoxy) is 2. The lowest BCUT2D eigenvalue weighted by Crippen LogP contribution is -2.17. The third-order valence-corrected chi connectivity index (χ3v) is 1.38. The molecule has 0 aliphatic heterocycles. The summed E-state index contributed by atoms with van der Waals surface area (Å²) in [6.45, 7) is 5.37. The second-order valence-electron chi connectivity index (χ2n) is 2.99. The molecule has 0 saturated carbocycles. The molecule has 0 spiro atoms. The SMILES string of the molecule is CNCCC(=O)OCCOC(C)C. The van der Waals surface area contributed by atoms with Gasteiger partial charge in [0.2, 0.25) is 0 Å². The van der Waals surface area contributed by atoms with Gasteiger partial charge in [-0.3, -0.25) is 4.79 Å². The highest BCUT2D eigenvalue weighted by molar-refractivity contribution is 5.69. The molecule has 0 aliphatic rings. The Bertz CT molecular complexity index is 137. The zero-order valence-electron chi connectivity index (χ0n) is 8.63. The Labute approximate surface area is 79.6 Å². The Morgan fingerprint density at radius 1 is 1.38 bits per heavy atom. The van der Waals surface area contributed by atoms with Crippen molar-refractivity contribution in [2.75, 3.05) is 26.8 Å². The first-order valence-electron chi connectivity index (χ1n) is 4.58. The van der Waals surface area contributed by atoms with Gasteiger partial charge in [0, 0.05) is 6.54 Å². The summed E-state index contributed by atoms with van der Waals surface area (Å²) in [5.41, 5.74) is 0. The van der Waals surface area contributed by atoms with Crippen LogP contribution in [0.1, 0.15) is 20.3 Å². The van der Waals surface area contributed by atoms with Gasteiger partial charge in [0.15, 0.2) is 0 Å². The number of nitrogens with one attached hydrogen (secondary N) is 1. The molecule has 0 aromatic heterocycles. The lowest BCUT2D eigenvalue weighted by Gasteiger charge is -2.07. The summed E-state index contributed by atoms with van der Waals surface area (Å²) in [7, 11) is 1.80. The van der Waals surface area contributed by atoms with Crippen LogP contribution in [0.4, 0.5) is 0 Å². The average Bonchev–Trinajstić information content (AvgIpc) is 2.08. The summed E-state index contributed by atoms with van der Waals surface area (Å²) in [4.78, 5) is 10.9. The van der Waals surface area contributed by atoms with Gasteiger partial charge in [-0.05, 0) is 20.9 Å². The smallest absolute Gasteiger partial charge is 0.307 e. The molecule has 0 atom stereocenters. The van der Waals surface area contributed by atoms with Crippen molar-refractivity contribution in [2.24, 2.45) is 0 Å². The van der Waals surface area contributed by atoms with Gasteiger partial charge in [-0.15, -0.1) is 0 Å². The van der Waals surface area contributed by atoms with Gasteiger partial charge in [-0.1, -0.05) is 0 Å². The normalized spacial score (nSPS) is 10.5. The maximum Gasteiger partial charge on any atom is 0.307 e. The molecule has 0 bridgehead atoms. The van der Waals surface area contributed by atoms with E-state index in [2.05, 4.69) is 5.32 Å². The largest absolute Gasteiger partial charge is 0.463 e. The van der Waals surface area contributed by atoms with Crippen molar-refractivity contribution in [1.29, 1.82) is 0 Å². The lowest BCUT2D eigenvalue weighted by molar-refractivity contribution is -0.145. The molecule has 78 valence electrons. The van der Waals surface area contributed by atoms with E-state index in [1.54, 1.807) is 7.05 Å². The fourth-order valence-electron chi connectivity index (χ4n) is 0.739. The van der Waals surface area contributed by atoms with E-state index in [1.165, 1.54) is 0 Å². The van der Waals surface area contributed by atoms with Crippen molar-refractivity contribution in [1.82, 2.24) is 5.32 Å². The summed E-state index contributed by atoms with van der Waals surface area (Å²) >= 11 is 0. The number of hydrogen-bond acceptors (Lipinski definition) is 4.